The molecule has 20 heavy (non-hydrogen) atoms. The number of rotatable bonds is 7. The molecule has 1 aliphatic carbocycles. The van der Waals surface area contributed by atoms with Crippen LogP contribution in [0, 0.1) is 6.92 Å². The highest BCUT2D eigenvalue weighted by atomic mass is 16.2. The Morgan fingerprint density at radius 3 is 2.65 bits per heavy atom. The van der Waals surface area contributed by atoms with Gasteiger partial charge in [0.1, 0.15) is 0 Å². The maximum Gasteiger partial charge on any atom is 0.254 e. The Kier molecular flexibility index (Phi) is 5.05. The molecule has 3 heteroatoms. The molecule has 1 fully saturated rings. The minimum absolute atomic E-state index is 0.210. The van der Waals surface area contributed by atoms with E-state index in [1.165, 1.54) is 12.8 Å². The van der Waals surface area contributed by atoms with Gasteiger partial charge in [0, 0.05) is 30.4 Å². The van der Waals surface area contributed by atoms with Crippen LogP contribution in [-0.2, 0) is 0 Å². The standard InChI is InChI=1S/C17H26N2O/c1-4-6-11-19(15-8-9-15)17(20)16-10-7-14(18-5-2)12-13(16)3/h7,10,12,15,18H,4-6,8-9,11H2,1-3H3. The zero-order valence-electron chi connectivity index (χ0n) is 12.9. The molecule has 1 aromatic carbocycles. The van der Waals surface area contributed by atoms with Gasteiger partial charge in [-0.3, -0.25) is 4.79 Å². The fourth-order valence-electron chi connectivity index (χ4n) is 2.54. The van der Waals surface area contributed by atoms with Crippen molar-refractivity contribution in [1.29, 1.82) is 0 Å². The van der Waals surface area contributed by atoms with E-state index in [0.717, 1.165) is 42.7 Å². The molecule has 0 unspecified atom stereocenters. The second kappa shape index (κ2) is 6.78. The number of nitrogens with zero attached hydrogens (tertiary/aromatic N) is 1. The van der Waals surface area contributed by atoms with Crippen LogP contribution < -0.4 is 5.32 Å². The maximum absolute atomic E-state index is 12.7. The fourth-order valence-corrected chi connectivity index (χ4v) is 2.54. The van der Waals surface area contributed by atoms with Crippen molar-refractivity contribution in [2.24, 2.45) is 0 Å². The number of aryl methyl sites for hydroxylation is 1. The summed E-state index contributed by atoms with van der Waals surface area (Å²) >= 11 is 0. The highest BCUT2D eigenvalue weighted by molar-refractivity contribution is 5.96. The summed E-state index contributed by atoms with van der Waals surface area (Å²) in [5.74, 6) is 0.210. The van der Waals surface area contributed by atoms with Crippen molar-refractivity contribution < 1.29 is 4.79 Å². The van der Waals surface area contributed by atoms with E-state index in [9.17, 15) is 4.79 Å². The van der Waals surface area contributed by atoms with E-state index < -0.39 is 0 Å². The Bertz CT molecular complexity index is 466. The number of anilines is 1. The first-order valence-electron chi connectivity index (χ1n) is 7.82. The van der Waals surface area contributed by atoms with Gasteiger partial charge in [0.05, 0.1) is 0 Å². The summed E-state index contributed by atoms with van der Waals surface area (Å²) < 4.78 is 0. The van der Waals surface area contributed by atoms with Crippen molar-refractivity contribution in [2.45, 2.75) is 52.5 Å². The van der Waals surface area contributed by atoms with E-state index in [1.807, 2.05) is 19.1 Å². The topological polar surface area (TPSA) is 32.3 Å². The van der Waals surface area contributed by atoms with Crippen molar-refractivity contribution in [2.75, 3.05) is 18.4 Å². The van der Waals surface area contributed by atoms with Crippen molar-refractivity contribution in [3.05, 3.63) is 29.3 Å². The number of carbonyl (C=O) groups excluding carboxylic acids is 1. The fraction of sp³-hybridized carbons (Fsp3) is 0.588. The van der Waals surface area contributed by atoms with Gasteiger partial charge in [-0.25, -0.2) is 0 Å². The van der Waals surface area contributed by atoms with Crippen molar-refractivity contribution >= 4 is 11.6 Å². The lowest BCUT2D eigenvalue weighted by Crippen LogP contribution is -2.34. The first kappa shape index (κ1) is 14.9. The van der Waals surface area contributed by atoms with Crippen molar-refractivity contribution in [3.8, 4) is 0 Å². The number of unbranched alkanes of at least 4 members (excludes halogenated alkanes) is 1. The smallest absolute Gasteiger partial charge is 0.254 e. The van der Waals surface area contributed by atoms with Crippen LogP contribution in [0.25, 0.3) is 0 Å². The average molecular weight is 274 g/mol. The van der Waals surface area contributed by atoms with Gasteiger partial charge in [0.2, 0.25) is 0 Å². The Morgan fingerprint density at radius 2 is 2.10 bits per heavy atom. The molecule has 1 amide bonds. The number of amides is 1. The van der Waals surface area contributed by atoms with Gasteiger partial charge in [-0.2, -0.15) is 0 Å². The number of hydrogen-bond acceptors (Lipinski definition) is 2. The summed E-state index contributed by atoms with van der Waals surface area (Å²) in [6.45, 7) is 8.07. The van der Waals surface area contributed by atoms with Crippen molar-refractivity contribution in [3.63, 3.8) is 0 Å². The van der Waals surface area contributed by atoms with Gasteiger partial charge < -0.3 is 10.2 Å². The maximum atomic E-state index is 12.7. The highest BCUT2D eigenvalue weighted by Crippen LogP contribution is 2.29. The predicted octanol–water partition coefficient (Wildman–Crippen LogP) is 3.83. The van der Waals surface area contributed by atoms with Gasteiger partial charge in [0.15, 0.2) is 0 Å². The lowest BCUT2D eigenvalue weighted by Gasteiger charge is -2.23. The molecular weight excluding hydrogens is 248 g/mol. The summed E-state index contributed by atoms with van der Waals surface area (Å²) in [6.07, 6.45) is 4.57. The lowest BCUT2D eigenvalue weighted by atomic mass is 10.1. The van der Waals surface area contributed by atoms with Crippen LogP contribution in [0.4, 0.5) is 5.69 Å². The second-order valence-corrected chi connectivity index (χ2v) is 5.64. The predicted molar refractivity (Wildman–Crippen MR) is 84.3 cm³/mol. The Hall–Kier alpha value is -1.51. The Morgan fingerprint density at radius 1 is 1.35 bits per heavy atom. The summed E-state index contributed by atoms with van der Waals surface area (Å²) in [5, 5.41) is 3.29. The van der Waals surface area contributed by atoms with E-state index in [4.69, 9.17) is 0 Å². The van der Waals surface area contributed by atoms with E-state index >= 15 is 0 Å². The van der Waals surface area contributed by atoms with Crippen LogP contribution in [-0.4, -0.2) is 29.9 Å². The molecule has 0 saturated heterocycles. The molecule has 1 aromatic rings. The number of benzene rings is 1. The molecule has 1 aliphatic rings. The molecule has 0 radical (unpaired) electrons. The van der Waals surface area contributed by atoms with Gasteiger partial charge in [-0.1, -0.05) is 13.3 Å². The van der Waals surface area contributed by atoms with Crippen LogP contribution in [0.5, 0.6) is 0 Å². The monoisotopic (exact) mass is 274 g/mol. The molecule has 2 rings (SSSR count). The SMILES string of the molecule is CCCCN(C(=O)c1ccc(NCC)cc1C)C1CC1. The molecule has 1 N–H and O–H groups in total. The first-order chi connectivity index (χ1) is 9.67. The third kappa shape index (κ3) is 3.53. The molecule has 110 valence electrons. The Labute approximate surface area is 122 Å². The number of nitrogens with one attached hydrogen (secondary N) is 1. The van der Waals surface area contributed by atoms with Crippen LogP contribution in [0.1, 0.15) is 55.5 Å². The van der Waals surface area contributed by atoms with Gasteiger partial charge in [-0.15, -0.1) is 0 Å². The molecule has 0 heterocycles. The zero-order chi connectivity index (χ0) is 14.5. The molecule has 0 spiro atoms. The highest BCUT2D eigenvalue weighted by Gasteiger charge is 2.32. The lowest BCUT2D eigenvalue weighted by molar-refractivity contribution is 0.0740. The summed E-state index contributed by atoms with van der Waals surface area (Å²) in [5.41, 5.74) is 3.01. The molecule has 1 saturated carbocycles. The minimum atomic E-state index is 0.210. The summed E-state index contributed by atoms with van der Waals surface area (Å²) in [7, 11) is 0. The summed E-state index contributed by atoms with van der Waals surface area (Å²) in [6, 6.07) is 6.54. The van der Waals surface area contributed by atoms with E-state index in [-0.39, 0.29) is 5.91 Å². The summed E-state index contributed by atoms with van der Waals surface area (Å²) in [4.78, 5) is 14.8. The van der Waals surface area contributed by atoms with E-state index in [1.54, 1.807) is 0 Å². The normalized spacial score (nSPS) is 14.2. The quantitative estimate of drug-likeness (QED) is 0.819. The second-order valence-electron chi connectivity index (χ2n) is 5.64. The Balaban J connectivity index is 2.13. The van der Waals surface area contributed by atoms with Gasteiger partial charge in [0.25, 0.3) is 5.91 Å². The molecule has 0 bridgehead atoms. The van der Waals surface area contributed by atoms with Crippen molar-refractivity contribution in [1.82, 2.24) is 4.90 Å². The van der Waals surface area contributed by atoms with Gasteiger partial charge >= 0.3 is 0 Å². The average Bonchev–Trinajstić information content (AvgIpc) is 3.24. The van der Waals surface area contributed by atoms with Gasteiger partial charge in [-0.05, 0) is 56.9 Å². The third-order valence-electron chi connectivity index (χ3n) is 3.84. The zero-order valence-corrected chi connectivity index (χ0v) is 12.9. The molecule has 0 atom stereocenters. The molecule has 0 aliphatic heterocycles. The first-order valence-corrected chi connectivity index (χ1v) is 7.82. The van der Waals surface area contributed by atoms with Crippen LogP contribution in [0.2, 0.25) is 0 Å². The molecule has 3 nitrogen and oxygen atoms in total. The third-order valence-corrected chi connectivity index (χ3v) is 3.84. The van der Waals surface area contributed by atoms with E-state index in [0.29, 0.717) is 6.04 Å². The number of carbonyl (C=O) groups is 1. The van der Waals surface area contributed by atoms with E-state index in [2.05, 4.69) is 30.1 Å². The molecule has 0 aromatic heterocycles. The van der Waals surface area contributed by atoms with Crippen LogP contribution >= 0.6 is 0 Å². The minimum Gasteiger partial charge on any atom is -0.385 e. The largest absolute Gasteiger partial charge is 0.385 e. The van der Waals surface area contributed by atoms with Crippen LogP contribution in [0.15, 0.2) is 18.2 Å². The number of hydrogen-bond donors (Lipinski definition) is 1. The molecular formula is C17H26N2O. The van der Waals surface area contributed by atoms with Crippen LogP contribution in [0.3, 0.4) is 0 Å².